The summed E-state index contributed by atoms with van der Waals surface area (Å²) in [5, 5.41) is 17.3. The zero-order chi connectivity index (χ0) is 18.4. The fraction of sp³-hybridized carbons (Fsp3) is 0.278. The van der Waals surface area contributed by atoms with E-state index in [1.54, 1.807) is 25.2 Å². The summed E-state index contributed by atoms with van der Waals surface area (Å²) >= 11 is 0. The number of nitro benzene ring substituents is 1. The van der Waals surface area contributed by atoms with Crippen LogP contribution in [0.2, 0.25) is 0 Å². The first-order valence-electron chi connectivity index (χ1n) is 8.27. The number of nitro groups is 1. The number of para-hydroxylation sites is 1. The first kappa shape index (κ1) is 20.7. The van der Waals surface area contributed by atoms with E-state index >= 15 is 0 Å². The Bertz CT molecular complexity index is 829. The van der Waals surface area contributed by atoms with Gasteiger partial charge in [-0.2, -0.15) is 0 Å². The van der Waals surface area contributed by atoms with Gasteiger partial charge < -0.3 is 20.1 Å². The van der Waals surface area contributed by atoms with Gasteiger partial charge in [0.1, 0.15) is 0 Å². The molecule has 0 atom stereocenters. The van der Waals surface area contributed by atoms with Gasteiger partial charge in [0.05, 0.1) is 18.1 Å². The molecule has 2 aromatic rings. The number of benzene rings is 2. The van der Waals surface area contributed by atoms with Gasteiger partial charge in [0.15, 0.2) is 17.5 Å². The zero-order valence-corrected chi connectivity index (χ0v) is 17.1. The summed E-state index contributed by atoms with van der Waals surface area (Å²) in [5.41, 5.74) is 1.44. The van der Waals surface area contributed by atoms with Crippen molar-refractivity contribution in [2.24, 2.45) is 4.99 Å². The molecule has 0 radical (unpaired) electrons. The highest BCUT2D eigenvalue weighted by atomic mass is 127. The molecule has 3 rings (SSSR count). The molecule has 2 N–H and O–H groups in total. The number of aliphatic imine (C=N–C) groups is 1. The molecule has 0 saturated heterocycles. The Balaban J connectivity index is 0.00000261. The molecular formula is C18H21IN4O4. The van der Waals surface area contributed by atoms with E-state index < -0.39 is 4.92 Å². The van der Waals surface area contributed by atoms with Gasteiger partial charge in [0, 0.05) is 43.4 Å². The second-order valence-corrected chi connectivity index (χ2v) is 5.65. The van der Waals surface area contributed by atoms with Gasteiger partial charge in [-0.15, -0.1) is 24.0 Å². The monoisotopic (exact) mass is 484 g/mol. The third-order valence-corrected chi connectivity index (χ3v) is 3.87. The van der Waals surface area contributed by atoms with Crippen LogP contribution in [0.4, 0.5) is 11.4 Å². The number of halogens is 1. The summed E-state index contributed by atoms with van der Waals surface area (Å²) < 4.78 is 11.3. The molecule has 0 saturated carbocycles. The second-order valence-electron chi connectivity index (χ2n) is 5.65. The minimum absolute atomic E-state index is 0. The molecule has 0 bridgehead atoms. The van der Waals surface area contributed by atoms with Crippen LogP contribution in [0.25, 0.3) is 0 Å². The molecule has 8 nitrogen and oxygen atoms in total. The zero-order valence-electron chi connectivity index (χ0n) is 14.8. The molecule has 1 aliphatic heterocycles. The van der Waals surface area contributed by atoms with E-state index in [-0.39, 0.29) is 36.2 Å². The van der Waals surface area contributed by atoms with Gasteiger partial charge in [-0.3, -0.25) is 15.1 Å². The van der Waals surface area contributed by atoms with E-state index in [1.165, 1.54) is 6.07 Å². The van der Waals surface area contributed by atoms with Gasteiger partial charge in [-0.1, -0.05) is 18.2 Å². The van der Waals surface area contributed by atoms with Crippen LogP contribution >= 0.6 is 24.0 Å². The molecule has 0 fully saturated rings. The quantitative estimate of drug-likeness (QED) is 0.227. The molecule has 9 heteroatoms. The van der Waals surface area contributed by atoms with Crippen molar-refractivity contribution in [1.29, 1.82) is 0 Å². The Morgan fingerprint density at radius 1 is 1.19 bits per heavy atom. The van der Waals surface area contributed by atoms with Gasteiger partial charge in [-0.25, -0.2) is 0 Å². The number of rotatable bonds is 4. The number of fused-ring (bicyclic) bond motifs is 1. The third kappa shape index (κ3) is 5.46. The predicted molar refractivity (Wildman–Crippen MR) is 114 cm³/mol. The van der Waals surface area contributed by atoms with E-state index in [2.05, 4.69) is 15.6 Å². The summed E-state index contributed by atoms with van der Waals surface area (Å²) in [6, 6.07) is 12.2. The number of hydrogen-bond acceptors (Lipinski definition) is 5. The lowest BCUT2D eigenvalue weighted by molar-refractivity contribution is -0.385. The van der Waals surface area contributed by atoms with Crippen LogP contribution in [0.5, 0.6) is 11.5 Å². The van der Waals surface area contributed by atoms with Gasteiger partial charge in [0.2, 0.25) is 0 Å². The van der Waals surface area contributed by atoms with Crippen LogP contribution in [0.15, 0.2) is 47.5 Å². The minimum Gasteiger partial charge on any atom is -0.490 e. The van der Waals surface area contributed by atoms with Crippen molar-refractivity contribution in [2.75, 3.05) is 25.6 Å². The van der Waals surface area contributed by atoms with E-state index in [0.29, 0.717) is 30.5 Å². The lowest BCUT2D eigenvalue weighted by atomic mass is 10.2. The second kappa shape index (κ2) is 9.95. The normalized spacial score (nSPS) is 13.1. The summed E-state index contributed by atoms with van der Waals surface area (Å²) in [5.74, 6) is 1.90. The highest BCUT2D eigenvalue weighted by Crippen LogP contribution is 2.32. The molecule has 144 valence electrons. The maximum atomic E-state index is 11.1. The number of nitrogens with zero attached hydrogens (tertiary/aromatic N) is 2. The topological polar surface area (TPSA) is 98.0 Å². The smallest absolute Gasteiger partial charge is 0.274 e. The average molecular weight is 484 g/mol. The molecule has 27 heavy (non-hydrogen) atoms. The van der Waals surface area contributed by atoms with Crippen molar-refractivity contribution in [3.05, 3.63) is 58.1 Å². The molecule has 0 amide bonds. The largest absolute Gasteiger partial charge is 0.490 e. The lowest BCUT2D eigenvalue weighted by Crippen LogP contribution is -2.30. The summed E-state index contributed by atoms with van der Waals surface area (Å²) in [6.07, 6.45) is 0.844. The van der Waals surface area contributed by atoms with Crippen LogP contribution in [0.3, 0.4) is 0 Å². The first-order valence-corrected chi connectivity index (χ1v) is 8.27. The molecule has 0 spiro atoms. The number of nitrogens with one attached hydrogen (secondary N) is 2. The minimum atomic E-state index is -0.392. The van der Waals surface area contributed by atoms with Crippen molar-refractivity contribution in [2.45, 2.75) is 13.0 Å². The Hall–Kier alpha value is -2.56. The summed E-state index contributed by atoms with van der Waals surface area (Å²) in [7, 11) is 1.64. The average Bonchev–Trinajstić information content (AvgIpc) is 2.90. The predicted octanol–water partition coefficient (Wildman–Crippen LogP) is 3.56. The Morgan fingerprint density at radius 2 is 1.93 bits per heavy atom. The maximum absolute atomic E-state index is 11.1. The Labute approximate surface area is 174 Å². The summed E-state index contributed by atoms with van der Waals surface area (Å²) in [6.45, 7) is 1.53. The van der Waals surface area contributed by atoms with Crippen LogP contribution in [0, 0.1) is 10.1 Å². The molecule has 1 aliphatic rings. The molecule has 1 heterocycles. The number of hydrogen-bond donors (Lipinski definition) is 2. The van der Waals surface area contributed by atoms with Crippen molar-refractivity contribution >= 4 is 41.3 Å². The van der Waals surface area contributed by atoms with Crippen LogP contribution < -0.4 is 20.1 Å². The number of anilines is 1. The van der Waals surface area contributed by atoms with E-state index in [9.17, 15) is 10.1 Å². The van der Waals surface area contributed by atoms with E-state index in [0.717, 1.165) is 17.9 Å². The maximum Gasteiger partial charge on any atom is 0.274 e. The SMILES string of the molecule is CN=C(NCc1ccccc1[N+](=O)[O-])Nc1ccc2c(c1)OCCCO2.I. The fourth-order valence-electron chi connectivity index (χ4n) is 2.57. The van der Waals surface area contributed by atoms with Crippen molar-refractivity contribution in [3.8, 4) is 11.5 Å². The first-order chi connectivity index (χ1) is 12.7. The fourth-order valence-corrected chi connectivity index (χ4v) is 2.57. The van der Waals surface area contributed by atoms with E-state index in [4.69, 9.17) is 9.47 Å². The number of guanidine groups is 1. The lowest BCUT2D eigenvalue weighted by Gasteiger charge is -2.14. The molecule has 0 aliphatic carbocycles. The van der Waals surface area contributed by atoms with E-state index in [1.807, 2.05) is 18.2 Å². The van der Waals surface area contributed by atoms with Gasteiger partial charge >= 0.3 is 0 Å². The molecule has 2 aromatic carbocycles. The Morgan fingerprint density at radius 3 is 2.67 bits per heavy atom. The highest BCUT2D eigenvalue weighted by molar-refractivity contribution is 14.0. The summed E-state index contributed by atoms with van der Waals surface area (Å²) in [4.78, 5) is 14.9. The molecule has 0 aromatic heterocycles. The van der Waals surface area contributed by atoms with Crippen molar-refractivity contribution < 1.29 is 14.4 Å². The Kier molecular flexibility index (Phi) is 7.65. The highest BCUT2D eigenvalue weighted by Gasteiger charge is 2.14. The van der Waals surface area contributed by atoms with Gasteiger partial charge in [0.25, 0.3) is 5.69 Å². The third-order valence-electron chi connectivity index (χ3n) is 3.87. The molecular weight excluding hydrogens is 463 g/mol. The van der Waals surface area contributed by atoms with Crippen molar-refractivity contribution in [1.82, 2.24) is 5.32 Å². The standard InChI is InChI=1S/C18H20N4O4.HI/c1-19-18(20-12-13-5-2-3-6-15(13)22(23)24)21-14-7-8-16-17(11-14)26-10-4-9-25-16;/h2-3,5-8,11H,4,9-10,12H2,1H3,(H2,19,20,21);1H. The van der Waals surface area contributed by atoms with Crippen LogP contribution in [-0.4, -0.2) is 31.1 Å². The van der Waals surface area contributed by atoms with Crippen LogP contribution in [-0.2, 0) is 6.54 Å². The van der Waals surface area contributed by atoms with Gasteiger partial charge in [-0.05, 0) is 12.1 Å². The number of ether oxygens (including phenoxy) is 2. The molecule has 0 unspecified atom stereocenters. The van der Waals surface area contributed by atoms with Crippen LogP contribution in [0.1, 0.15) is 12.0 Å². The van der Waals surface area contributed by atoms with Crippen molar-refractivity contribution in [3.63, 3.8) is 0 Å².